The van der Waals surface area contributed by atoms with Gasteiger partial charge in [-0.15, -0.1) is 0 Å². The predicted octanol–water partition coefficient (Wildman–Crippen LogP) is 6.12. The van der Waals surface area contributed by atoms with Gasteiger partial charge >= 0.3 is 12.4 Å². The fourth-order valence-corrected chi connectivity index (χ4v) is 3.86. The zero-order valence-corrected chi connectivity index (χ0v) is 17.3. The van der Waals surface area contributed by atoms with Gasteiger partial charge in [-0.1, -0.05) is 36.4 Å². The highest BCUT2D eigenvalue weighted by Crippen LogP contribution is 2.36. The van der Waals surface area contributed by atoms with Crippen molar-refractivity contribution >= 4 is 10.8 Å². The van der Waals surface area contributed by atoms with Crippen LogP contribution in [-0.2, 0) is 28.2 Å². The molecule has 4 rings (SSSR count). The van der Waals surface area contributed by atoms with Gasteiger partial charge in [0.25, 0.3) is 0 Å². The van der Waals surface area contributed by atoms with E-state index in [4.69, 9.17) is 9.47 Å². The number of rotatable bonds is 5. The number of hydrogen-bond donors (Lipinski definition) is 1. The van der Waals surface area contributed by atoms with Gasteiger partial charge in [0.2, 0.25) is 0 Å². The average molecular weight is 469 g/mol. The second-order valence-corrected chi connectivity index (χ2v) is 7.81. The van der Waals surface area contributed by atoms with Crippen molar-refractivity contribution in [2.75, 3.05) is 19.8 Å². The lowest BCUT2D eigenvalue weighted by atomic mass is 10.0. The van der Waals surface area contributed by atoms with E-state index in [-0.39, 0.29) is 30.7 Å². The molecule has 1 fully saturated rings. The van der Waals surface area contributed by atoms with Crippen LogP contribution in [-0.4, -0.2) is 26.0 Å². The van der Waals surface area contributed by atoms with Crippen molar-refractivity contribution in [1.29, 1.82) is 0 Å². The standard InChI is InChI=1S/C24H21F6NO2/c25-23(26,27)19-11-15(12-20(14-19)24(28,29)30)7-9-32-22-21(31-8-10-33-22)18-6-5-16-3-1-2-4-17(16)13-18/h1-6,11-14,21-22,31H,7-10H2/t21-,22+/m0/s1. The van der Waals surface area contributed by atoms with Crippen molar-refractivity contribution in [3.63, 3.8) is 0 Å². The largest absolute Gasteiger partial charge is 0.416 e. The Morgan fingerprint density at radius 3 is 2.18 bits per heavy atom. The third kappa shape index (κ3) is 5.66. The summed E-state index contributed by atoms with van der Waals surface area (Å²) in [5.74, 6) is 0. The van der Waals surface area contributed by atoms with Crippen molar-refractivity contribution in [2.24, 2.45) is 0 Å². The molecule has 0 radical (unpaired) electrons. The first-order valence-electron chi connectivity index (χ1n) is 10.3. The van der Waals surface area contributed by atoms with Crippen LogP contribution in [0.1, 0.15) is 28.3 Å². The third-order valence-corrected chi connectivity index (χ3v) is 5.47. The molecule has 2 atom stereocenters. The predicted molar refractivity (Wildman–Crippen MR) is 111 cm³/mol. The number of benzene rings is 3. The van der Waals surface area contributed by atoms with E-state index in [0.29, 0.717) is 13.2 Å². The topological polar surface area (TPSA) is 30.5 Å². The van der Waals surface area contributed by atoms with Crippen LogP contribution in [0.15, 0.2) is 60.7 Å². The molecule has 3 nitrogen and oxygen atoms in total. The smallest absolute Gasteiger partial charge is 0.350 e. The number of nitrogens with one attached hydrogen (secondary N) is 1. The fourth-order valence-electron chi connectivity index (χ4n) is 3.86. The summed E-state index contributed by atoms with van der Waals surface area (Å²) in [6, 6.07) is 15.0. The zero-order valence-electron chi connectivity index (χ0n) is 17.3. The number of alkyl halides is 6. The van der Waals surface area contributed by atoms with Crippen LogP contribution in [0.25, 0.3) is 10.8 Å². The summed E-state index contributed by atoms with van der Waals surface area (Å²) in [7, 11) is 0. The molecule has 3 aromatic carbocycles. The normalized spacial score (nSPS) is 19.7. The Balaban J connectivity index is 1.48. The van der Waals surface area contributed by atoms with Crippen molar-refractivity contribution in [2.45, 2.75) is 31.1 Å². The Bertz CT molecular complexity index is 1080. The van der Waals surface area contributed by atoms with Gasteiger partial charge in [-0.3, -0.25) is 0 Å². The molecule has 0 unspecified atom stereocenters. The fraction of sp³-hybridized carbons (Fsp3) is 0.333. The molecule has 1 heterocycles. The minimum absolute atomic E-state index is 0.102. The van der Waals surface area contributed by atoms with Crippen LogP contribution in [0.4, 0.5) is 26.3 Å². The molecule has 0 aliphatic carbocycles. The summed E-state index contributed by atoms with van der Waals surface area (Å²) >= 11 is 0. The molecule has 1 aliphatic heterocycles. The third-order valence-electron chi connectivity index (χ3n) is 5.47. The summed E-state index contributed by atoms with van der Waals surface area (Å²) < 4.78 is 89.9. The van der Waals surface area contributed by atoms with E-state index in [0.717, 1.165) is 28.5 Å². The molecule has 0 amide bonds. The molecule has 0 aromatic heterocycles. The molecule has 9 heteroatoms. The Morgan fingerprint density at radius 2 is 1.52 bits per heavy atom. The summed E-state index contributed by atoms with van der Waals surface area (Å²) in [4.78, 5) is 0. The zero-order chi connectivity index (χ0) is 23.6. The van der Waals surface area contributed by atoms with E-state index >= 15 is 0 Å². The highest BCUT2D eigenvalue weighted by atomic mass is 19.4. The first-order chi connectivity index (χ1) is 15.6. The summed E-state index contributed by atoms with van der Waals surface area (Å²) in [6.45, 7) is 0.853. The summed E-state index contributed by atoms with van der Waals surface area (Å²) in [5.41, 5.74) is -1.87. The molecule has 176 valence electrons. The van der Waals surface area contributed by atoms with Gasteiger partial charge in [0.1, 0.15) is 0 Å². The maximum absolute atomic E-state index is 13.1. The Hall–Kier alpha value is -2.62. The van der Waals surface area contributed by atoms with Crippen molar-refractivity contribution in [1.82, 2.24) is 5.32 Å². The molecule has 3 aromatic rings. The second kappa shape index (κ2) is 9.32. The first kappa shape index (κ1) is 23.5. The van der Waals surface area contributed by atoms with Crippen LogP contribution in [0.2, 0.25) is 0 Å². The maximum Gasteiger partial charge on any atom is 0.416 e. The maximum atomic E-state index is 13.1. The number of morpholine rings is 1. The Morgan fingerprint density at radius 1 is 0.848 bits per heavy atom. The van der Waals surface area contributed by atoms with Crippen molar-refractivity contribution in [3.8, 4) is 0 Å². The quantitative estimate of drug-likeness (QED) is 0.457. The molecule has 0 bridgehead atoms. The average Bonchev–Trinajstić information content (AvgIpc) is 2.78. The van der Waals surface area contributed by atoms with Gasteiger partial charge in [0.05, 0.1) is 30.4 Å². The molecule has 1 saturated heterocycles. The molecule has 1 aliphatic rings. The Kier molecular flexibility index (Phi) is 6.65. The Labute approximate surface area is 186 Å². The van der Waals surface area contributed by atoms with Gasteiger partial charge in [-0.25, -0.2) is 0 Å². The van der Waals surface area contributed by atoms with E-state index in [1.165, 1.54) is 0 Å². The highest BCUT2D eigenvalue weighted by molar-refractivity contribution is 5.83. The van der Waals surface area contributed by atoms with Crippen molar-refractivity contribution in [3.05, 3.63) is 82.9 Å². The van der Waals surface area contributed by atoms with E-state index in [1.807, 2.05) is 42.5 Å². The van der Waals surface area contributed by atoms with Gasteiger partial charge in [-0.2, -0.15) is 26.3 Å². The summed E-state index contributed by atoms with van der Waals surface area (Å²) in [5, 5.41) is 5.41. The number of hydrogen-bond acceptors (Lipinski definition) is 3. The molecule has 0 saturated carbocycles. The van der Waals surface area contributed by atoms with Gasteiger partial charge in [-0.05, 0) is 52.6 Å². The van der Waals surface area contributed by atoms with E-state index < -0.39 is 29.8 Å². The minimum atomic E-state index is -4.88. The monoisotopic (exact) mass is 469 g/mol. The van der Waals surface area contributed by atoms with Gasteiger partial charge in [0, 0.05) is 6.54 Å². The van der Waals surface area contributed by atoms with Crippen LogP contribution in [0.5, 0.6) is 0 Å². The van der Waals surface area contributed by atoms with Crippen LogP contribution in [0.3, 0.4) is 0 Å². The summed E-state index contributed by atoms with van der Waals surface area (Å²) in [6.07, 6.45) is -10.6. The lowest BCUT2D eigenvalue weighted by Crippen LogP contribution is -2.43. The molecule has 33 heavy (non-hydrogen) atoms. The minimum Gasteiger partial charge on any atom is -0.350 e. The highest BCUT2D eigenvalue weighted by Gasteiger charge is 2.37. The molecular weight excluding hydrogens is 448 g/mol. The van der Waals surface area contributed by atoms with Gasteiger partial charge < -0.3 is 14.8 Å². The van der Waals surface area contributed by atoms with Crippen LogP contribution in [0, 0.1) is 0 Å². The van der Waals surface area contributed by atoms with Crippen LogP contribution >= 0.6 is 0 Å². The number of fused-ring (bicyclic) bond motifs is 1. The SMILES string of the molecule is FC(F)(F)c1cc(CCO[C@@H]2OCCN[C@H]2c2ccc3ccccc3c2)cc(C(F)(F)F)c1. The second-order valence-electron chi connectivity index (χ2n) is 7.81. The van der Waals surface area contributed by atoms with E-state index in [1.54, 1.807) is 0 Å². The number of halogens is 6. The van der Waals surface area contributed by atoms with Crippen molar-refractivity contribution < 1.29 is 35.8 Å². The van der Waals surface area contributed by atoms with Gasteiger partial charge in [0.15, 0.2) is 6.29 Å². The van der Waals surface area contributed by atoms with E-state index in [2.05, 4.69) is 5.32 Å². The van der Waals surface area contributed by atoms with E-state index in [9.17, 15) is 26.3 Å². The van der Waals surface area contributed by atoms with Crippen LogP contribution < -0.4 is 5.32 Å². The lowest BCUT2D eigenvalue weighted by Gasteiger charge is -2.33. The first-order valence-corrected chi connectivity index (χ1v) is 10.3. The molecular formula is C24H21F6NO2. The lowest BCUT2D eigenvalue weighted by molar-refractivity contribution is -0.177. The molecule has 1 N–H and O–H groups in total. The molecule has 0 spiro atoms. The number of ether oxygens (including phenoxy) is 2.